The first-order valence-corrected chi connectivity index (χ1v) is 5.69. The Labute approximate surface area is 88.5 Å². The average molecular weight is 213 g/mol. The van der Waals surface area contributed by atoms with Gasteiger partial charge >= 0.3 is 0 Å². The monoisotopic (exact) mass is 213 g/mol. The second kappa shape index (κ2) is 6.68. The fraction of sp³-hybridized carbons (Fsp3) is 0.500. The summed E-state index contributed by atoms with van der Waals surface area (Å²) in [6, 6.07) is 5.73. The molecule has 1 N–H and O–H groups in total. The molecule has 1 heterocycles. The Hall–Kier alpha value is -0.740. The van der Waals surface area contributed by atoms with Crippen LogP contribution in [0.2, 0.25) is 0 Å². The SMILES string of the molecule is CCOc1cccc(SCCCO)n1. The van der Waals surface area contributed by atoms with Crippen molar-refractivity contribution in [3.63, 3.8) is 0 Å². The number of thioether (sulfide) groups is 1. The van der Waals surface area contributed by atoms with Gasteiger partial charge in [0.25, 0.3) is 0 Å². The van der Waals surface area contributed by atoms with Gasteiger partial charge < -0.3 is 9.84 Å². The van der Waals surface area contributed by atoms with Gasteiger partial charge in [-0.3, -0.25) is 0 Å². The molecule has 0 atom stereocenters. The van der Waals surface area contributed by atoms with E-state index >= 15 is 0 Å². The number of pyridine rings is 1. The van der Waals surface area contributed by atoms with E-state index in [1.807, 2.05) is 25.1 Å². The van der Waals surface area contributed by atoms with E-state index in [9.17, 15) is 0 Å². The molecule has 0 saturated carbocycles. The van der Waals surface area contributed by atoms with E-state index in [1.165, 1.54) is 0 Å². The van der Waals surface area contributed by atoms with Crippen LogP contribution in [0.15, 0.2) is 23.2 Å². The number of ether oxygens (including phenoxy) is 1. The molecule has 4 heteroatoms. The smallest absolute Gasteiger partial charge is 0.214 e. The molecule has 14 heavy (non-hydrogen) atoms. The zero-order valence-corrected chi connectivity index (χ0v) is 9.09. The highest BCUT2D eigenvalue weighted by Crippen LogP contribution is 2.18. The lowest BCUT2D eigenvalue weighted by atomic mass is 10.5. The molecule has 0 aliphatic rings. The molecule has 0 unspecified atom stereocenters. The lowest BCUT2D eigenvalue weighted by Gasteiger charge is -2.03. The maximum atomic E-state index is 8.62. The van der Waals surface area contributed by atoms with E-state index in [-0.39, 0.29) is 6.61 Å². The Kier molecular flexibility index (Phi) is 5.40. The zero-order chi connectivity index (χ0) is 10.2. The molecule has 0 radical (unpaired) electrons. The molecule has 1 aromatic rings. The van der Waals surface area contributed by atoms with Crippen molar-refractivity contribution in [2.45, 2.75) is 18.4 Å². The first-order valence-electron chi connectivity index (χ1n) is 4.70. The zero-order valence-electron chi connectivity index (χ0n) is 8.27. The Bertz CT molecular complexity index is 268. The van der Waals surface area contributed by atoms with E-state index in [0.29, 0.717) is 12.5 Å². The van der Waals surface area contributed by atoms with Crippen LogP contribution >= 0.6 is 11.8 Å². The minimum absolute atomic E-state index is 0.234. The Morgan fingerprint density at radius 3 is 3.07 bits per heavy atom. The summed E-state index contributed by atoms with van der Waals surface area (Å²) in [6.07, 6.45) is 0.797. The molecule has 0 bridgehead atoms. The molecule has 0 aliphatic carbocycles. The highest BCUT2D eigenvalue weighted by Gasteiger charge is 1.98. The fourth-order valence-electron chi connectivity index (χ4n) is 0.946. The summed E-state index contributed by atoms with van der Waals surface area (Å²) in [4.78, 5) is 4.29. The molecule has 0 aromatic carbocycles. The van der Waals surface area contributed by atoms with Crippen LogP contribution in [0.5, 0.6) is 5.88 Å². The van der Waals surface area contributed by atoms with Gasteiger partial charge in [-0.1, -0.05) is 6.07 Å². The number of aromatic nitrogens is 1. The predicted molar refractivity (Wildman–Crippen MR) is 57.8 cm³/mol. The van der Waals surface area contributed by atoms with Crippen LogP contribution in [0.1, 0.15) is 13.3 Å². The summed E-state index contributed by atoms with van der Waals surface area (Å²) in [6.45, 7) is 2.81. The topological polar surface area (TPSA) is 42.4 Å². The van der Waals surface area contributed by atoms with Crippen molar-refractivity contribution in [1.82, 2.24) is 4.98 Å². The van der Waals surface area contributed by atoms with Crippen molar-refractivity contribution in [3.05, 3.63) is 18.2 Å². The number of rotatable bonds is 6. The molecule has 78 valence electrons. The molecule has 1 rings (SSSR count). The predicted octanol–water partition coefficient (Wildman–Crippen LogP) is 1.95. The Balaban J connectivity index is 2.46. The summed E-state index contributed by atoms with van der Waals surface area (Å²) in [5.74, 6) is 1.56. The van der Waals surface area contributed by atoms with E-state index in [0.717, 1.165) is 17.2 Å². The summed E-state index contributed by atoms with van der Waals surface area (Å²) in [7, 11) is 0. The number of aliphatic hydroxyl groups is 1. The maximum Gasteiger partial charge on any atom is 0.214 e. The molecule has 1 aromatic heterocycles. The molecule has 0 amide bonds. The molecule has 0 saturated heterocycles. The fourth-order valence-corrected chi connectivity index (χ4v) is 1.76. The summed E-state index contributed by atoms with van der Waals surface area (Å²) >= 11 is 1.63. The van der Waals surface area contributed by atoms with Gasteiger partial charge in [0.1, 0.15) is 5.03 Å². The Morgan fingerprint density at radius 2 is 2.36 bits per heavy atom. The second-order valence-electron chi connectivity index (χ2n) is 2.67. The molecule has 0 aliphatic heterocycles. The van der Waals surface area contributed by atoms with Gasteiger partial charge in [-0.15, -0.1) is 11.8 Å². The van der Waals surface area contributed by atoms with Gasteiger partial charge in [-0.05, 0) is 19.4 Å². The standard InChI is InChI=1S/C10H15NO2S/c1-2-13-9-5-3-6-10(11-9)14-8-4-7-12/h3,5-6,12H,2,4,7-8H2,1H3. The van der Waals surface area contributed by atoms with Crippen LogP contribution in [0.25, 0.3) is 0 Å². The molecular formula is C10H15NO2S. The quantitative estimate of drug-likeness (QED) is 0.579. The first-order chi connectivity index (χ1) is 6.86. The molecule has 0 spiro atoms. The number of hydrogen-bond donors (Lipinski definition) is 1. The van der Waals surface area contributed by atoms with Crippen LogP contribution in [-0.2, 0) is 0 Å². The average Bonchev–Trinajstić information content (AvgIpc) is 2.19. The third kappa shape index (κ3) is 3.98. The van der Waals surface area contributed by atoms with Crippen molar-refractivity contribution in [2.24, 2.45) is 0 Å². The van der Waals surface area contributed by atoms with Gasteiger partial charge in [-0.2, -0.15) is 0 Å². The summed E-state index contributed by atoms with van der Waals surface area (Å²) in [5, 5.41) is 9.57. The number of aliphatic hydroxyl groups excluding tert-OH is 1. The minimum atomic E-state index is 0.234. The van der Waals surface area contributed by atoms with Crippen molar-refractivity contribution in [3.8, 4) is 5.88 Å². The largest absolute Gasteiger partial charge is 0.478 e. The van der Waals surface area contributed by atoms with Crippen LogP contribution in [0, 0.1) is 0 Å². The van der Waals surface area contributed by atoms with Gasteiger partial charge in [-0.25, -0.2) is 4.98 Å². The highest BCUT2D eigenvalue weighted by molar-refractivity contribution is 7.99. The van der Waals surface area contributed by atoms with Crippen LogP contribution < -0.4 is 4.74 Å². The van der Waals surface area contributed by atoms with Gasteiger partial charge in [0, 0.05) is 18.4 Å². The van der Waals surface area contributed by atoms with E-state index < -0.39 is 0 Å². The normalized spacial score (nSPS) is 10.1. The maximum absolute atomic E-state index is 8.62. The van der Waals surface area contributed by atoms with Gasteiger partial charge in [0.15, 0.2) is 0 Å². The Morgan fingerprint density at radius 1 is 1.50 bits per heavy atom. The van der Waals surface area contributed by atoms with Crippen LogP contribution in [0.4, 0.5) is 0 Å². The van der Waals surface area contributed by atoms with Crippen molar-refractivity contribution in [2.75, 3.05) is 19.0 Å². The summed E-state index contributed by atoms with van der Waals surface area (Å²) in [5.41, 5.74) is 0. The number of hydrogen-bond acceptors (Lipinski definition) is 4. The lowest BCUT2D eigenvalue weighted by molar-refractivity contribution is 0.296. The van der Waals surface area contributed by atoms with E-state index in [4.69, 9.17) is 9.84 Å². The third-order valence-electron chi connectivity index (χ3n) is 1.54. The third-order valence-corrected chi connectivity index (χ3v) is 2.56. The van der Waals surface area contributed by atoms with Gasteiger partial charge in [0.2, 0.25) is 5.88 Å². The van der Waals surface area contributed by atoms with Gasteiger partial charge in [0.05, 0.1) is 6.61 Å². The van der Waals surface area contributed by atoms with Crippen LogP contribution in [-0.4, -0.2) is 29.1 Å². The highest BCUT2D eigenvalue weighted by atomic mass is 32.2. The summed E-state index contributed by atoms with van der Waals surface area (Å²) < 4.78 is 5.28. The van der Waals surface area contributed by atoms with Crippen molar-refractivity contribution >= 4 is 11.8 Å². The second-order valence-corrected chi connectivity index (χ2v) is 3.79. The first kappa shape index (κ1) is 11.3. The van der Waals surface area contributed by atoms with Crippen molar-refractivity contribution < 1.29 is 9.84 Å². The van der Waals surface area contributed by atoms with E-state index in [1.54, 1.807) is 11.8 Å². The lowest BCUT2D eigenvalue weighted by Crippen LogP contribution is -1.95. The minimum Gasteiger partial charge on any atom is -0.478 e. The molecular weight excluding hydrogens is 198 g/mol. The molecule has 0 fully saturated rings. The number of nitrogens with zero attached hydrogens (tertiary/aromatic N) is 1. The molecule has 3 nitrogen and oxygen atoms in total. The van der Waals surface area contributed by atoms with E-state index in [2.05, 4.69) is 4.98 Å². The van der Waals surface area contributed by atoms with Crippen molar-refractivity contribution in [1.29, 1.82) is 0 Å². The van der Waals surface area contributed by atoms with Crippen LogP contribution in [0.3, 0.4) is 0 Å².